The average molecular weight is 410 g/mol. The zero-order valence-corrected chi connectivity index (χ0v) is 16.9. The van der Waals surface area contributed by atoms with Crippen molar-refractivity contribution >= 4 is 29.0 Å². The van der Waals surface area contributed by atoms with Gasteiger partial charge in [0.15, 0.2) is 5.82 Å². The molecule has 4 rings (SSSR count). The highest BCUT2D eigenvalue weighted by Gasteiger charge is 2.26. The van der Waals surface area contributed by atoms with Crippen molar-refractivity contribution in [1.29, 1.82) is 0 Å². The molecule has 3 heterocycles. The summed E-state index contributed by atoms with van der Waals surface area (Å²) in [6.07, 6.45) is 0.969. The van der Waals surface area contributed by atoms with Crippen LogP contribution in [0.4, 0.5) is 5.82 Å². The van der Waals surface area contributed by atoms with Gasteiger partial charge in [0.05, 0.1) is 6.04 Å². The number of nitrogens with zero attached hydrogens (tertiary/aromatic N) is 2. The lowest BCUT2D eigenvalue weighted by molar-refractivity contribution is -0.136. The first kappa shape index (κ1) is 19.4. The molecule has 1 aliphatic rings. The summed E-state index contributed by atoms with van der Waals surface area (Å²) >= 11 is 1.62. The van der Waals surface area contributed by atoms with Gasteiger partial charge in [-0.05, 0) is 46.9 Å². The van der Waals surface area contributed by atoms with Crippen LogP contribution in [0.5, 0.6) is 0 Å². The van der Waals surface area contributed by atoms with Crippen LogP contribution in [-0.2, 0) is 22.6 Å². The van der Waals surface area contributed by atoms with Gasteiger partial charge in [-0.25, -0.2) is 0 Å². The van der Waals surface area contributed by atoms with Crippen LogP contribution in [0, 0.1) is 6.92 Å². The zero-order chi connectivity index (χ0) is 20.2. The molecule has 0 fully saturated rings. The Morgan fingerprint density at radius 3 is 2.79 bits per heavy atom. The molecule has 150 valence electrons. The zero-order valence-electron chi connectivity index (χ0n) is 16.1. The van der Waals surface area contributed by atoms with Crippen LogP contribution in [0.25, 0.3) is 0 Å². The third-order valence-corrected chi connectivity index (χ3v) is 5.76. The predicted octanol–water partition coefficient (Wildman–Crippen LogP) is 2.90. The highest BCUT2D eigenvalue weighted by atomic mass is 32.1. The van der Waals surface area contributed by atoms with Crippen LogP contribution in [0.15, 0.2) is 51.7 Å². The van der Waals surface area contributed by atoms with Crippen LogP contribution in [0.3, 0.4) is 0 Å². The number of anilines is 1. The van der Waals surface area contributed by atoms with Gasteiger partial charge in [0.25, 0.3) is 0 Å². The number of benzene rings is 1. The quantitative estimate of drug-likeness (QED) is 0.632. The van der Waals surface area contributed by atoms with Gasteiger partial charge in [0.1, 0.15) is 5.76 Å². The largest absolute Gasteiger partial charge is 0.360 e. The van der Waals surface area contributed by atoms with E-state index in [0.717, 1.165) is 25.1 Å². The monoisotopic (exact) mass is 410 g/mol. The fourth-order valence-electron chi connectivity index (χ4n) is 3.57. The third kappa shape index (κ3) is 4.55. The lowest BCUT2D eigenvalue weighted by atomic mass is 9.97. The molecule has 0 spiro atoms. The van der Waals surface area contributed by atoms with Gasteiger partial charge < -0.3 is 9.84 Å². The summed E-state index contributed by atoms with van der Waals surface area (Å²) in [5.74, 6) is -0.664. The second-order valence-corrected chi connectivity index (χ2v) is 7.83. The van der Waals surface area contributed by atoms with E-state index in [1.54, 1.807) is 24.3 Å². The molecule has 8 heteroatoms. The molecule has 0 bridgehead atoms. The summed E-state index contributed by atoms with van der Waals surface area (Å²) in [6.45, 7) is 3.78. The first-order valence-electron chi connectivity index (χ1n) is 9.45. The van der Waals surface area contributed by atoms with Crippen molar-refractivity contribution in [3.05, 3.63) is 69.6 Å². The molecule has 29 heavy (non-hydrogen) atoms. The summed E-state index contributed by atoms with van der Waals surface area (Å²) in [5, 5.41) is 13.0. The number of fused-ring (bicyclic) bond motifs is 1. The van der Waals surface area contributed by atoms with Gasteiger partial charge in [0.2, 0.25) is 0 Å². The summed E-state index contributed by atoms with van der Waals surface area (Å²) in [6, 6.07) is 12.1. The van der Waals surface area contributed by atoms with E-state index in [-0.39, 0.29) is 11.9 Å². The number of thiophene rings is 1. The number of aryl methyl sites for hydroxylation is 1. The van der Waals surface area contributed by atoms with Gasteiger partial charge in [-0.2, -0.15) is 11.3 Å². The Morgan fingerprint density at radius 2 is 2.07 bits per heavy atom. The summed E-state index contributed by atoms with van der Waals surface area (Å²) in [4.78, 5) is 26.8. The van der Waals surface area contributed by atoms with Crippen LogP contribution in [0.1, 0.15) is 28.5 Å². The molecule has 1 aliphatic heterocycles. The molecule has 0 saturated heterocycles. The Bertz CT molecular complexity index is 999. The van der Waals surface area contributed by atoms with Gasteiger partial charge in [0, 0.05) is 25.7 Å². The highest BCUT2D eigenvalue weighted by molar-refractivity contribution is 7.08. The van der Waals surface area contributed by atoms with Crippen LogP contribution in [-0.4, -0.2) is 35.0 Å². The molecule has 1 atom stereocenters. The number of carbonyl (C=O) groups is 2. The van der Waals surface area contributed by atoms with E-state index in [2.05, 4.69) is 56.4 Å². The Morgan fingerprint density at radius 1 is 1.24 bits per heavy atom. The van der Waals surface area contributed by atoms with Crippen molar-refractivity contribution in [3.63, 3.8) is 0 Å². The Labute approximate surface area is 172 Å². The van der Waals surface area contributed by atoms with Crippen molar-refractivity contribution in [2.24, 2.45) is 0 Å². The number of amides is 2. The van der Waals surface area contributed by atoms with Crippen molar-refractivity contribution in [2.45, 2.75) is 25.9 Å². The second kappa shape index (κ2) is 8.59. The molecule has 2 aromatic heterocycles. The average Bonchev–Trinajstić information content (AvgIpc) is 3.40. The highest BCUT2D eigenvalue weighted by Crippen LogP contribution is 2.28. The van der Waals surface area contributed by atoms with Crippen LogP contribution < -0.4 is 10.6 Å². The molecule has 0 radical (unpaired) electrons. The molecular formula is C21H22N4O3S. The molecule has 2 N–H and O–H groups in total. The topological polar surface area (TPSA) is 87.5 Å². The van der Waals surface area contributed by atoms with E-state index >= 15 is 0 Å². The van der Waals surface area contributed by atoms with Gasteiger partial charge in [-0.15, -0.1) is 0 Å². The SMILES string of the molecule is Cc1cc(NC(=O)C(=O)NC[C@@H](c2ccsc2)N2CCc3ccccc3C2)no1. The Balaban J connectivity index is 1.42. The Kier molecular flexibility index (Phi) is 5.73. The van der Waals surface area contributed by atoms with Crippen LogP contribution >= 0.6 is 11.3 Å². The third-order valence-electron chi connectivity index (χ3n) is 5.06. The van der Waals surface area contributed by atoms with Crippen molar-refractivity contribution in [1.82, 2.24) is 15.4 Å². The minimum atomic E-state index is -0.758. The van der Waals surface area contributed by atoms with Crippen molar-refractivity contribution in [2.75, 3.05) is 18.4 Å². The van der Waals surface area contributed by atoms with E-state index < -0.39 is 11.8 Å². The van der Waals surface area contributed by atoms with E-state index in [1.165, 1.54) is 11.1 Å². The molecule has 0 unspecified atom stereocenters. The summed E-state index contributed by atoms with van der Waals surface area (Å²) < 4.78 is 4.90. The number of nitrogens with one attached hydrogen (secondary N) is 2. The van der Waals surface area contributed by atoms with E-state index in [0.29, 0.717) is 12.3 Å². The minimum Gasteiger partial charge on any atom is -0.360 e. The minimum absolute atomic E-state index is 0.000603. The molecule has 3 aromatic rings. The fourth-order valence-corrected chi connectivity index (χ4v) is 4.28. The molecular weight excluding hydrogens is 388 g/mol. The fraction of sp³-hybridized carbons (Fsp3) is 0.286. The normalized spacial score (nSPS) is 14.8. The Hall–Kier alpha value is -2.97. The number of carbonyl (C=O) groups excluding carboxylic acids is 2. The van der Waals surface area contributed by atoms with E-state index in [9.17, 15) is 9.59 Å². The lowest BCUT2D eigenvalue weighted by Crippen LogP contribution is -2.43. The van der Waals surface area contributed by atoms with E-state index in [4.69, 9.17) is 4.52 Å². The maximum atomic E-state index is 12.3. The molecule has 0 aliphatic carbocycles. The number of hydrogen-bond acceptors (Lipinski definition) is 6. The molecule has 1 aromatic carbocycles. The van der Waals surface area contributed by atoms with Crippen molar-refractivity contribution in [3.8, 4) is 0 Å². The van der Waals surface area contributed by atoms with Crippen LogP contribution in [0.2, 0.25) is 0 Å². The summed E-state index contributed by atoms with van der Waals surface area (Å²) in [5.41, 5.74) is 3.82. The van der Waals surface area contributed by atoms with Gasteiger partial charge in [-0.3, -0.25) is 19.8 Å². The first-order valence-corrected chi connectivity index (χ1v) is 10.4. The maximum absolute atomic E-state index is 12.3. The van der Waals surface area contributed by atoms with Gasteiger partial charge in [-0.1, -0.05) is 29.4 Å². The van der Waals surface area contributed by atoms with E-state index in [1.807, 2.05) is 5.38 Å². The van der Waals surface area contributed by atoms with Gasteiger partial charge >= 0.3 is 11.8 Å². The molecule has 0 saturated carbocycles. The first-order chi connectivity index (χ1) is 14.1. The number of hydrogen-bond donors (Lipinski definition) is 2. The molecule has 2 amide bonds. The standard InChI is InChI=1S/C21H22N4O3S/c1-14-10-19(24-28-14)23-21(27)20(26)22-11-18(17-7-9-29-13-17)25-8-6-15-4-2-3-5-16(15)12-25/h2-5,7,9-10,13,18H,6,8,11-12H2,1H3,(H,22,26)(H,23,24,27)/t18-/m0/s1. The number of rotatable bonds is 5. The smallest absolute Gasteiger partial charge is 0.314 e. The second-order valence-electron chi connectivity index (χ2n) is 7.05. The predicted molar refractivity (Wildman–Crippen MR) is 110 cm³/mol. The number of aromatic nitrogens is 1. The summed E-state index contributed by atoms with van der Waals surface area (Å²) in [7, 11) is 0. The molecule has 7 nitrogen and oxygen atoms in total. The van der Waals surface area contributed by atoms with Crippen molar-refractivity contribution < 1.29 is 14.1 Å². The maximum Gasteiger partial charge on any atom is 0.314 e. The lowest BCUT2D eigenvalue weighted by Gasteiger charge is -2.35.